The molecule has 1 aromatic carbocycles. The monoisotopic (exact) mass is 283 g/mol. The van der Waals surface area contributed by atoms with Crippen molar-refractivity contribution in [3.63, 3.8) is 0 Å². The third kappa shape index (κ3) is 2.59. The first kappa shape index (κ1) is 12.7. The van der Waals surface area contributed by atoms with Crippen LogP contribution in [0.15, 0.2) is 39.3 Å². The molecule has 0 bridgehead atoms. The number of aryl methyl sites for hydroxylation is 2. The van der Waals surface area contributed by atoms with E-state index in [1.54, 1.807) is 0 Å². The zero-order valence-corrected chi connectivity index (χ0v) is 12.0. The molecule has 0 unspecified atom stereocenters. The number of aromatic nitrogens is 1. The van der Waals surface area contributed by atoms with Crippen LogP contribution in [-0.4, -0.2) is 17.9 Å². The lowest BCUT2D eigenvalue weighted by atomic mass is 10.0. The number of ether oxygens (including phenoxy) is 1. The van der Waals surface area contributed by atoms with E-state index in [1.807, 2.05) is 25.1 Å². The molecule has 3 heterocycles. The molecule has 0 spiro atoms. The summed E-state index contributed by atoms with van der Waals surface area (Å²) in [6.07, 6.45) is 3.83. The SMILES string of the molecule is Cc1cc(-c2cc3c(CCC[C@H]4CO4)cccc3o2)on1. The van der Waals surface area contributed by atoms with Crippen molar-refractivity contribution in [2.75, 3.05) is 6.61 Å². The maximum atomic E-state index is 5.89. The van der Waals surface area contributed by atoms with Crippen molar-refractivity contribution in [2.45, 2.75) is 32.3 Å². The molecule has 0 aliphatic carbocycles. The minimum Gasteiger partial charge on any atom is -0.453 e. The summed E-state index contributed by atoms with van der Waals surface area (Å²) in [5.41, 5.74) is 3.08. The smallest absolute Gasteiger partial charge is 0.202 e. The number of furan rings is 1. The van der Waals surface area contributed by atoms with Crippen LogP contribution in [0.3, 0.4) is 0 Å². The van der Waals surface area contributed by atoms with Gasteiger partial charge >= 0.3 is 0 Å². The molecule has 4 heteroatoms. The second kappa shape index (κ2) is 5.04. The summed E-state index contributed by atoms with van der Waals surface area (Å²) in [6.45, 7) is 2.84. The highest BCUT2D eigenvalue weighted by Gasteiger charge is 2.21. The number of benzene rings is 1. The zero-order valence-electron chi connectivity index (χ0n) is 12.0. The van der Waals surface area contributed by atoms with Gasteiger partial charge in [0.15, 0.2) is 5.76 Å². The van der Waals surface area contributed by atoms with Crippen LogP contribution in [0, 0.1) is 6.92 Å². The van der Waals surface area contributed by atoms with E-state index < -0.39 is 0 Å². The van der Waals surface area contributed by atoms with E-state index in [-0.39, 0.29) is 0 Å². The summed E-state index contributed by atoms with van der Waals surface area (Å²) in [6, 6.07) is 10.2. The number of rotatable bonds is 5. The Labute approximate surface area is 122 Å². The zero-order chi connectivity index (χ0) is 14.2. The van der Waals surface area contributed by atoms with Crippen LogP contribution < -0.4 is 0 Å². The minimum atomic E-state index is 0.501. The van der Waals surface area contributed by atoms with Gasteiger partial charge < -0.3 is 13.7 Å². The standard InChI is InChI=1S/C17H17NO3/c1-11-8-17(21-18-11)16-9-14-12(4-2-6-13-10-19-13)5-3-7-15(14)20-16/h3,5,7-9,13H,2,4,6,10H2,1H3/t13-/m0/s1. The molecule has 4 nitrogen and oxygen atoms in total. The molecule has 0 radical (unpaired) electrons. The Kier molecular flexibility index (Phi) is 3.04. The Morgan fingerprint density at radius 2 is 2.14 bits per heavy atom. The van der Waals surface area contributed by atoms with Gasteiger partial charge in [-0.25, -0.2) is 0 Å². The molecule has 2 aromatic heterocycles. The number of hydrogen-bond acceptors (Lipinski definition) is 4. The molecule has 1 aliphatic rings. The summed E-state index contributed by atoms with van der Waals surface area (Å²) in [7, 11) is 0. The summed E-state index contributed by atoms with van der Waals surface area (Å²) < 4.78 is 16.4. The topological polar surface area (TPSA) is 51.7 Å². The van der Waals surface area contributed by atoms with Crippen molar-refractivity contribution in [2.24, 2.45) is 0 Å². The molecular formula is C17H17NO3. The van der Waals surface area contributed by atoms with Crippen LogP contribution in [0.1, 0.15) is 24.1 Å². The van der Waals surface area contributed by atoms with Crippen LogP contribution in [0.4, 0.5) is 0 Å². The van der Waals surface area contributed by atoms with Gasteiger partial charge in [-0.1, -0.05) is 17.3 Å². The van der Waals surface area contributed by atoms with Gasteiger partial charge in [-0.2, -0.15) is 0 Å². The normalized spacial score (nSPS) is 17.5. The number of fused-ring (bicyclic) bond motifs is 1. The third-order valence-electron chi connectivity index (χ3n) is 3.90. The molecule has 1 saturated heterocycles. The molecule has 1 fully saturated rings. The summed E-state index contributed by atoms with van der Waals surface area (Å²) >= 11 is 0. The summed E-state index contributed by atoms with van der Waals surface area (Å²) in [5.74, 6) is 1.42. The van der Waals surface area contributed by atoms with E-state index in [0.29, 0.717) is 11.9 Å². The Hall–Kier alpha value is -2.07. The summed E-state index contributed by atoms with van der Waals surface area (Å²) in [5, 5.41) is 5.08. The Morgan fingerprint density at radius 1 is 1.24 bits per heavy atom. The van der Waals surface area contributed by atoms with Crippen LogP contribution in [-0.2, 0) is 11.2 Å². The van der Waals surface area contributed by atoms with Crippen molar-refractivity contribution in [3.05, 3.63) is 41.6 Å². The van der Waals surface area contributed by atoms with Crippen molar-refractivity contribution >= 4 is 11.0 Å². The first-order valence-corrected chi connectivity index (χ1v) is 7.36. The highest BCUT2D eigenvalue weighted by molar-refractivity contribution is 5.85. The van der Waals surface area contributed by atoms with Crippen molar-refractivity contribution in [3.8, 4) is 11.5 Å². The fourth-order valence-corrected chi connectivity index (χ4v) is 2.70. The molecular weight excluding hydrogens is 266 g/mol. The lowest BCUT2D eigenvalue weighted by molar-refractivity contribution is 0.392. The minimum absolute atomic E-state index is 0.501. The Balaban J connectivity index is 1.63. The average Bonchev–Trinajstić information content (AvgIpc) is 3.03. The molecule has 0 amide bonds. The number of hydrogen-bond donors (Lipinski definition) is 0. The van der Waals surface area contributed by atoms with Gasteiger partial charge in [0.05, 0.1) is 18.4 Å². The van der Waals surface area contributed by atoms with Crippen molar-refractivity contribution in [1.82, 2.24) is 5.16 Å². The van der Waals surface area contributed by atoms with E-state index in [9.17, 15) is 0 Å². The van der Waals surface area contributed by atoms with E-state index >= 15 is 0 Å². The van der Waals surface area contributed by atoms with Crippen LogP contribution in [0.5, 0.6) is 0 Å². The highest BCUT2D eigenvalue weighted by Crippen LogP contribution is 2.31. The predicted octanol–water partition coefficient (Wildman–Crippen LogP) is 4.12. The quantitative estimate of drug-likeness (QED) is 0.661. The third-order valence-corrected chi connectivity index (χ3v) is 3.90. The molecule has 3 aromatic rings. The fourth-order valence-electron chi connectivity index (χ4n) is 2.70. The predicted molar refractivity (Wildman–Crippen MR) is 79.1 cm³/mol. The van der Waals surface area contributed by atoms with E-state index in [0.717, 1.165) is 42.9 Å². The van der Waals surface area contributed by atoms with E-state index in [2.05, 4.69) is 17.3 Å². The second-order valence-corrected chi connectivity index (χ2v) is 5.62. The Bertz CT molecular complexity index is 767. The van der Waals surface area contributed by atoms with Gasteiger partial charge in [0.2, 0.25) is 5.76 Å². The molecule has 108 valence electrons. The molecule has 4 rings (SSSR count). The highest BCUT2D eigenvalue weighted by atomic mass is 16.6. The lowest BCUT2D eigenvalue weighted by Gasteiger charge is -2.01. The van der Waals surface area contributed by atoms with Gasteiger partial charge in [-0.3, -0.25) is 0 Å². The lowest BCUT2D eigenvalue weighted by Crippen LogP contribution is -1.90. The second-order valence-electron chi connectivity index (χ2n) is 5.62. The first-order chi connectivity index (χ1) is 10.3. The largest absolute Gasteiger partial charge is 0.453 e. The van der Waals surface area contributed by atoms with Gasteiger partial charge in [0.25, 0.3) is 0 Å². The van der Waals surface area contributed by atoms with Gasteiger partial charge in [0, 0.05) is 11.5 Å². The molecule has 1 aliphatic heterocycles. The summed E-state index contributed by atoms with van der Waals surface area (Å²) in [4.78, 5) is 0. The maximum absolute atomic E-state index is 5.89. The Morgan fingerprint density at radius 3 is 2.90 bits per heavy atom. The van der Waals surface area contributed by atoms with E-state index in [4.69, 9.17) is 13.7 Å². The fraction of sp³-hybridized carbons (Fsp3) is 0.353. The molecule has 21 heavy (non-hydrogen) atoms. The average molecular weight is 283 g/mol. The van der Waals surface area contributed by atoms with Crippen LogP contribution in [0.2, 0.25) is 0 Å². The van der Waals surface area contributed by atoms with Crippen molar-refractivity contribution in [1.29, 1.82) is 0 Å². The van der Waals surface area contributed by atoms with Crippen LogP contribution >= 0.6 is 0 Å². The van der Waals surface area contributed by atoms with Gasteiger partial charge in [-0.05, 0) is 43.9 Å². The van der Waals surface area contributed by atoms with Gasteiger partial charge in [0.1, 0.15) is 5.58 Å². The number of epoxide rings is 1. The van der Waals surface area contributed by atoms with E-state index in [1.165, 1.54) is 10.9 Å². The van der Waals surface area contributed by atoms with Gasteiger partial charge in [-0.15, -0.1) is 0 Å². The maximum Gasteiger partial charge on any atom is 0.202 e. The van der Waals surface area contributed by atoms with Crippen LogP contribution in [0.25, 0.3) is 22.5 Å². The van der Waals surface area contributed by atoms with Crippen molar-refractivity contribution < 1.29 is 13.7 Å². The molecule has 0 N–H and O–H groups in total. The first-order valence-electron chi connectivity index (χ1n) is 7.36. The number of nitrogens with zero attached hydrogens (tertiary/aromatic N) is 1. The molecule has 0 saturated carbocycles. The molecule has 1 atom stereocenters.